The number of benzene rings is 1. The van der Waals surface area contributed by atoms with Crippen molar-refractivity contribution in [1.29, 1.82) is 0 Å². The van der Waals surface area contributed by atoms with E-state index in [9.17, 15) is 9.18 Å². The third-order valence-electron chi connectivity index (χ3n) is 4.67. The Kier molecular flexibility index (Phi) is 4.96. The maximum atomic E-state index is 13.6. The molecule has 1 aliphatic rings. The molecular formula is C18H24FN3O. The van der Waals surface area contributed by atoms with Crippen LogP contribution in [0, 0.1) is 11.7 Å². The summed E-state index contributed by atoms with van der Waals surface area (Å²) in [6, 6.07) is 6.38. The molecule has 0 atom stereocenters. The normalized spacial score (nSPS) is 16.8. The lowest BCUT2D eigenvalue weighted by Crippen LogP contribution is -2.35. The number of H-pyrrole nitrogens is 1. The monoisotopic (exact) mass is 317 g/mol. The fourth-order valence-corrected chi connectivity index (χ4v) is 3.13. The number of amides is 1. The molecule has 1 aromatic carbocycles. The number of halogens is 1. The summed E-state index contributed by atoms with van der Waals surface area (Å²) < 4.78 is 13.6. The molecule has 0 aliphatic carbocycles. The first-order valence-electron chi connectivity index (χ1n) is 8.41. The highest BCUT2D eigenvalue weighted by atomic mass is 19.1. The number of hydrogen-bond acceptors (Lipinski definition) is 2. The van der Waals surface area contributed by atoms with E-state index in [1.54, 1.807) is 18.2 Å². The number of aromatic amines is 1. The fourth-order valence-electron chi connectivity index (χ4n) is 3.13. The lowest BCUT2D eigenvalue weighted by Gasteiger charge is -2.30. The van der Waals surface area contributed by atoms with Crippen molar-refractivity contribution in [3.63, 3.8) is 0 Å². The van der Waals surface area contributed by atoms with Gasteiger partial charge < -0.3 is 15.2 Å². The van der Waals surface area contributed by atoms with E-state index >= 15 is 0 Å². The Labute approximate surface area is 136 Å². The van der Waals surface area contributed by atoms with Gasteiger partial charge in [0.1, 0.15) is 11.5 Å². The maximum Gasteiger partial charge on any atom is 0.267 e. The van der Waals surface area contributed by atoms with Crippen molar-refractivity contribution >= 4 is 16.8 Å². The second-order valence-corrected chi connectivity index (χ2v) is 6.52. The van der Waals surface area contributed by atoms with Crippen LogP contribution in [0.4, 0.5) is 4.39 Å². The number of likely N-dealkylation sites (tertiary alicyclic amines) is 1. The van der Waals surface area contributed by atoms with Gasteiger partial charge in [-0.1, -0.05) is 13.0 Å². The summed E-state index contributed by atoms with van der Waals surface area (Å²) in [5, 5.41) is 3.37. The Morgan fingerprint density at radius 3 is 2.91 bits per heavy atom. The van der Waals surface area contributed by atoms with Crippen LogP contribution in [-0.4, -0.2) is 42.0 Å². The van der Waals surface area contributed by atoms with Gasteiger partial charge in [0.05, 0.1) is 0 Å². The van der Waals surface area contributed by atoms with Crippen LogP contribution < -0.4 is 5.32 Å². The summed E-state index contributed by atoms with van der Waals surface area (Å²) in [4.78, 5) is 17.6. The van der Waals surface area contributed by atoms with E-state index in [1.807, 2.05) is 0 Å². The third kappa shape index (κ3) is 3.91. The molecule has 0 saturated carbocycles. The number of piperidine rings is 1. The zero-order valence-electron chi connectivity index (χ0n) is 13.6. The second-order valence-electron chi connectivity index (χ2n) is 6.52. The summed E-state index contributed by atoms with van der Waals surface area (Å²) in [5.74, 6) is 0.360. The van der Waals surface area contributed by atoms with Gasteiger partial charge >= 0.3 is 0 Å². The highest BCUT2D eigenvalue weighted by Crippen LogP contribution is 2.18. The van der Waals surface area contributed by atoms with E-state index in [-0.39, 0.29) is 11.7 Å². The standard InChI is InChI=1S/C18H24FN3O/c1-13-6-10-22(11-7-13)9-3-8-20-18(23)17-12-14-15(19)4-2-5-16(14)21-17/h2,4-5,12-13,21H,3,6-11H2,1H3,(H,20,23). The number of carbonyl (C=O) groups is 1. The average Bonchev–Trinajstić information content (AvgIpc) is 2.99. The number of nitrogens with zero attached hydrogens (tertiary/aromatic N) is 1. The van der Waals surface area contributed by atoms with Crippen molar-refractivity contribution < 1.29 is 9.18 Å². The van der Waals surface area contributed by atoms with Crippen LogP contribution in [0.2, 0.25) is 0 Å². The molecule has 23 heavy (non-hydrogen) atoms. The van der Waals surface area contributed by atoms with E-state index in [2.05, 4.69) is 22.1 Å². The molecule has 2 heterocycles. The van der Waals surface area contributed by atoms with Crippen molar-refractivity contribution in [2.24, 2.45) is 5.92 Å². The first-order valence-corrected chi connectivity index (χ1v) is 8.41. The van der Waals surface area contributed by atoms with Crippen molar-refractivity contribution in [2.45, 2.75) is 26.2 Å². The minimum atomic E-state index is -0.308. The van der Waals surface area contributed by atoms with Gasteiger partial charge in [-0.25, -0.2) is 4.39 Å². The molecule has 1 aliphatic heterocycles. The number of rotatable bonds is 5. The molecular weight excluding hydrogens is 293 g/mol. The Morgan fingerprint density at radius 1 is 1.39 bits per heavy atom. The largest absolute Gasteiger partial charge is 0.351 e. The summed E-state index contributed by atoms with van der Waals surface area (Å²) in [6.07, 6.45) is 3.48. The smallest absolute Gasteiger partial charge is 0.267 e. The molecule has 0 radical (unpaired) electrons. The number of fused-ring (bicyclic) bond motifs is 1. The topological polar surface area (TPSA) is 48.1 Å². The molecule has 0 spiro atoms. The van der Waals surface area contributed by atoms with Crippen LogP contribution in [0.3, 0.4) is 0 Å². The highest BCUT2D eigenvalue weighted by molar-refractivity contribution is 5.98. The molecule has 0 bridgehead atoms. The first-order chi connectivity index (χ1) is 11.1. The zero-order chi connectivity index (χ0) is 16.2. The van der Waals surface area contributed by atoms with E-state index < -0.39 is 0 Å². The summed E-state index contributed by atoms with van der Waals surface area (Å²) in [7, 11) is 0. The molecule has 2 aromatic rings. The number of aromatic nitrogens is 1. The zero-order valence-corrected chi connectivity index (χ0v) is 13.6. The van der Waals surface area contributed by atoms with Gasteiger partial charge in [0.15, 0.2) is 0 Å². The highest BCUT2D eigenvalue weighted by Gasteiger charge is 2.15. The number of nitrogens with one attached hydrogen (secondary N) is 2. The molecule has 1 fully saturated rings. The Bertz CT molecular complexity index is 674. The summed E-state index contributed by atoms with van der Waals surface area (Å²) in [5.41, 5.74) is 1.06. The first kappa shape index (κ1) is 16.0. The van der Waals surface area contributed by atoms with E-state index in [4.69, 9.17) is 0 Å². The molecule has 3 rings (SSSR count). The predicted molar refractivity (Wildman–Crippen MR) is 90.0 cm³/mol. The van der Waals surface area contributed by atoms with Gasteiger partial charge in [0.2, 0.25) is 0 Å². The SMILES string of the molecule is CC1CCN(CCCNC(=O)c2cc3c(F)cccc3[nH]2)CC1. The lowest BCUT2D eigenvalue weighted by molar-refractivity contribution is 0.0946. The van der Waals surface area contributed by atoms with Gasteiger partial charge in [-0.15, -0.1) is 0 Å². The van der Waals surface area contributed by atoms with Crippen LogP contribution in [-0.2, 0) is 0 Å². The van der Waals surface area contributed by atoms with Crippen LogP contribution in [0.1, 0.15) is 36.7 Å². The molecule has 1 saturated heterocycles. The predicted octanol–water partition coefficient (Wildman–Crippen LogP) is 3.16. The molecule has 124 valence electrons. The Hall–Kier alpha value is -1.88. The van der Waals surface area contributed by atoms with Crippen molar-refractivity contribution in [3.8, 4) is 0 Å². The minimum Gasteiger partial charge on any atom is -0.351 e. The molecule has 1 aromatic heterocycles. The summed E-state index contributed by atoms with van der Waals surface area (Å²) in [6.45, 7) is 6.30. The summed E-state index contributed by atoms with van der Waals surface area (Å²) >= 11 is 0. The Morgan fingerprint density at radius 2 is 2.17 bits per heavy atom. The van der Waals surface area contributed by atoms with Gasteiger partial charge in [-0.2, -0.15) is 0 Å². The van der Waals surface area contributed by atoms with Gasteiger partial charge in [-0.05, 0) is 63.0 Å². The van der Waals surface area contributed by atoms with Crippen LogP contribution >= 0.6 is 0 Å². The van der Waals surface area contributed by atoms with Crippen molar-refractivity contribution in [3.05, 3.63) is 35.8 Å². The third-order valence-corrected chi connectivity index (χ3v) is 4.67. The fraction of sp³-hybridized carbons (Fsp3) is 0.500. The Balaban J connectivity index is 1.46. The van der Waals surface area contributed by atoms with Crippen molar-refractivity contribution in [1.82, 2.24) is 15.2 Å². The van der Waals surface area contributed by atoms with Gasteiger partial charge in [0, 0.05) is 17.4 Å². The minimum absolute atomic E-state index is 0.173. The van der Waals surface area contributed by atoms with Crippen molar-refractivity contribution in [2.75, 3.05) is 26.2 Å². The molecule has 5 heteroatoms. The molecule has 2 N–H and O–H groups in total. The van der Waals surface area contributed by atoms with E-state index in [1.165, 1.54) is 18.9 Å². The van der Waals surface area contributed by atoms with Crippen LogP contribution in [0.5, 0.6) is 0 Å². The molecule has 4 nitrogen and oxygen atoms in total. The van der Waals surface area contributed by atoms with Crippen LogP contribution in [0.15, 0.2) is 24.3 Å². The quantitative estimate of drug-likeness (QED) is 0.832. The van der Waals surface area contributed by atoms with Gasteiger partial charge in [0.25, 0.3) is 5.91 Å². The maximum absolute atomic E-state index is 13.6. The molecule has 0 unspecified atom stereocenters. The number of hydrogen-bond donors (Lipinski definition) is 2. The van der Waals surface area contributed by atoms with Gasteiger partial charge in [-0.3, -0.25) is 4.79 Å². The van der Waals surface area contributed by atoms with Crippen LogP contribution in [0.25, 0.3) is 10.9 Å². The molecule has 1 amide bonds. The lowest BCUT2D eigenvalue weighted by atomic mass is 9.99. The second kappa shape index (κ2) is 7.13. The number of carbonyl (C=O) groups excluding carboxylic acids is 1. The van der Waals surface area contributed by atoms with E-state index in [0.717, 1.165) is 32.0 Å². The average molecular weight is 317 g/mol. The van der Waals surface area contributed by atoms with E-state index in [0.29, 0.717) is 23.1 Å².